The maximum atomic E-state index is 12.6. The number of carbonyl (C=O) groups is 1. The predicted octanol–water partition coefficient (Wildman–Crippen LogP) is 4.95. The SMILES string of the molecule is Cc1ccc(C)n1-c1ccc(C2CCCCN2C(=O)OC(C)(C)C)cn1. The number of aryl methyl sites for hydroxylation is 2. The second-order valence-electron chi connectivity index (χ2n) is 8.09. The van der Waals surface area contributed by atoms with Crippen molar-refractivity contribution in [3.05, 3.63) is 47.4 Å². The molecular formula is C21H29N3O2. The van der Waals surface area contributed by atoms with E-state index in [4.69, 9.17) is 4.74 Å². The summed E-state index contributed by atoms with van der Waals surface area (Å²) >= 11 is 0. The average Bonchev–Trinajstić information content (AvgIpc) is 2.92. The molecule has 0 saturated carbocycles. The Kier molecular flexibility index (Phi) is 5.08. The fourth-order valence-corrected chi connectivity index (χ4v) is 3.57. The van der Waals surface area contributed by atoms with Crippen molar-refractivity contribution in [3.63, 3.8) is 0 Å². The van der Waals surface area contributed by atoms with E-state index in [0.29, 0.717) is 0 Å². The van der Waals surface area contributed by atoms with Crippen LogP contribution >= 0.6 is 0 Å². The fraction of sp³-hybridized carbons (Fsp3) is 0.524. The molecule has 0 N–H and O–H groups in total. The third kappa shape index (κ3) is 3.92. The van der Waals surface area contributed by atoms with Gasteiger partial charge in [-0.3, -0.25) is 0 Å². The molecule has 0 aromatic carbocycles. The molecule has 5 heteroatoms. The highest BCUT2D eigenvalue weighted by atomic mass is 16.6. The number of ether oxygens (including phenoxy) is 1. The lowest BCUT2D eigenvalue weighted by Gasteiger charge is -2.36. The normalized spacial score (nSPS) is 18.0. The fourth-order valence-electron chi connectivity index (χ4n) is 3.57. The number of likely N-dealkylation sites (tertiary alicyclic amines) is 1. The highest BCUT2D eigenvalue weighted by Gasteiger charge is 2.31. The number of piperidine rings is 1. The van der Waals surface area contributed by atoms with Gasteiger partial charge in [-0.1, -0.05) is 6.07 Å². The molecule has 3 rings (SSSR count). The van der Waals surface area contributed by atoms with E-state index < -0.39 is 5.60 Å². The van der Waals surface area contributed by atoms with Gasteiger partial charge in [0, 0.05) is 24.1 Å². The van der Waals surface area contributed by atoms with Gasteiger partial charge in [0.05, 0.1) is 6.04 Å². The van der Waals surface area contributed by atoms with Crippen molar-refractivity contribution in [1.82, 2.24) is 14.5 Å². The summed E-state index contributed by atoms with van der Waals surface area (Å²) < 4.78 is 7.74. The van der Waals surface area contributed by atoms with Crippen molar-refractivity contribution in [2.45, 2.75) is 65.5 Å². The van der Waals surface area contributed by atoms with Gasteiger partial charge >= 0.3 is 6.09 Å². The molecule has 0 aliphatic carbocycles. The van der Waals surface area contributed by atoms with Crippen LogP contribution in [0.4, 0.5) is 4.79 Å². The number of aromatic nitrogens is 2. The Morgan fingerprint density at radius 1 is 1.12 bits per heavy atom. The molecule has 2 aromatic rings. The van der Waals surface area contributed by atoms with Gasteiger partial charge in [0.1, 0.15) is 11.4 Å². The predicted molar refractivity (Wildman–Crippen MR) is 103 cm³/mol. The summed E-state index contributed by atoms with van der Waals surface area (Å²) in [4.78, 5) is 19.1. The Hall–Kier alpha value is -2.30. The topological polar surface area (TPSA) is 47.4 Å². The molecule has 0 spiro atoms. The van der Waals surface area contributed by atoms with Crippen LogP contribution in [-0.2, 0) is 4.74 Å². The zero-order valence-corrected chi connectivity index (χ0v) is 16.5. The molecule has 140 valence electrons. The van der Waals surface area contributed by atoms with E-state index in [1.165, 1.54) is 0 Å². The average molecular weight is 355 g/mol. The van der Waals surface area contributed by atoms with Crippen molar-refractivity contribution >= 4 is 6.09 Å². The van der Waals surface area contributed by atoms with Crippen molar-refractivity contribution in [3.8, 4) is 5.82 Å². The summed E-state index contributed by atoms with van der Waals surface area (Å²) in [5.41, 5.74) is 2.92. The molecule has 2 aromatic heterocycles. The van der Waals surface area contributed by atoms with Gasteiger partial charge in [-0.15, -0.1) is 0 Å². The molecule has 1 amide bonds. The molecule has 1 fully saturated rings. The Labute approximate surface area is 156 Å². The standard InChI is InChI=1S/C21H29N3O2/c1-15-9-10-16(2)24(15)19-12-11-17(14-22-19)18-8-6-7-13-23(18)20(25)26-21(3,4)5/h9-12,14,18H,6-8,13H2,1-5H3. The van der Waals surface area contributed by atoms with E-state index in [1.54, 1.807) is 0 Å². The molecule has 1 aliphatic heterocycles. The smallest absolute Gasteiger partial charge is 0.410 e. The van der Waals surface area contributed by atoms with Gasteiger partial charge in [-0.2, -0.15) is 0 Å². The molecule has 0 bridgehead atoms. The van der Waals surface area contributed by atoms with Crippen LogP contribution in [0.2, 0.25) is 0 Å². The molecule has 26 heavy (non-hydrogen) atoms. The number of hydrogen-bond acceptors (Lipinski definition) is 3. The van der Waals surface area contributed by atoms with Gasteiger partial charge in [0.15, 0.2) is 0 Å². The summed E-state index contributed by atoms with van der Waals surface area (Å²) in [5.74, 6) is 0.911. The number of rotatable bonds is 2. The Morgan fingerprint density at radius 3 is 2.38 bits per heavy atom. The second-order valence-corrected chi connectivity index (χ2v) is 8.09. The van der Waals surface area contributed by atoms with E-state index in [9.17, 15) is 4.79 Å². The van der Waals surface area contributed by atoms with Crippen LogP contribution < -0.4 is 0 Å². The van der Waals surface area contributed by atoms with Gasteiger partial charge in [0.2, 0.25) is 0 Å². The second kappa shape index (κ2) is 7.14. The molecular weight excluding hydrogens is 326 g/mol. The monoisotopic (exact) mass is 355 g/mol. The number of carbonyl (C=O) groups excluding carboxylic acids is 1. The third-order valence-corrected chi connectivity index (χ3v) is 4.79. The summed E-state index contributed by atoms with van der Waals surface area (Å²) in [6.07, 6.45) is 4.75. The van der Waals surface area contributed by atoms with Crippen LogP contribution in [0.5, 0.6) is 0 Å². The minimum atomic E-state index is -0.481. The van der Waals surface area contributed by atoms with E-state index >= 15 is 0 Å². The number of hydrogen-bond donors (Lipinski definition) is 0. The Morgan fingerprint density at radius 2 is 1.81 bits per heavy atom. The lowest BCUT2D eigenvalue weighted by Crippen LogP contribution is -2.41. The van der Waals surface area contributed by atoms with Crippen LogP contribution in [0.3, 0.4) is 0 Å². The van der Waals surface area contributed by atoms with Crippen LogP contribution in [0, 0.1) is 13.8 Å². The van der Waals surface area contributed by atoms with E-state index in [2.05, 4.69) is 41.6 Å². The summed E-state index contributed by atoms with van der Waals surface area (Å²) in [6.45, 7) is 10.6. The first-order valence-corrected chi connectivity index (χ1v) is 9.37. The number of nitrogens with zero attached hydrogens (tertiary/aromatic N) is 3. The lowest BCUT2D eigenvalue weighted by atomic mass is 9.97. The maximum absolute atomic E-state index is 12.6. The van der Waals surface area contributed by atoms with Gasteiger partial charge in [-0.25, -0.2) is 9.78 Å². The quantitative estimate of drug-likeness (QED) is 0.765. The third-order valence-electron chi connectivity index (χ3n) is 4.79. The Balaban J connectivity index is 1.83. The molecule has 1 unspecified atom stereocenters. The Bertz CT molecular complexity index is 752. The van der Waals surface area contributed by atoms with Crippen molar-refractivity contribution in [2.75, 3.05) is 6.54 Å². The van der Waals surface area contributed by atoms with E-state index in [1.807, 2.05) is 37.9 Å². The molecule has 0 radical (unpaired) electrons. The van der Waals surface area contributed by atoms with Gasteiger partial charge in [-0.05, 0) is 77.6 Å². The number of amides is 1. The molecule has 1 aliphatic rings. The first kappa shape index (κ1) is 18.5. The van der Waals surface area contributed by atoms with Crippen molar-refractivity contribution < 1.29 is 9.53 Å². The van der Waals surface area contributed by atoms with Gasteiger partial charge < -0.3 is 14.2 Å². The van der Waals surface area contributed by atoms with Crippen LogP contribution in [-0.4, -0.2) is 32.7 Å². The first-order chi connectivity index (χ1) is 12.3. The zero-order valence-electron chi connectivity index (χ0n) is 16.5. The van der Waals surface area contributed by atoms with Crippen molar-refractivity contribution in [2.24, 2.45) is 0 Å². The molecule has 1 saturated heterocycles. The largest absolute Gasteiger partial charge is 0.444 e. The minimum absolute atomic E-state index is 0.0343. The number of pyridine rings is 1. The van der Waals surface area contributed by atoms with Gasteiger partial charge in [0.25, 0.3) is 0 Å². The van der Waals surface area contributed by atoms with Crippen LogP contribution in [0.25, 0.3) is 5.82 Å². The van der Waals surface area contributed by atoms with Crippen LogP contribution in [0.15, 0.2) is 30.5 Å². The summed E-state index contributed by atoms with van der Waals surface area (Å²) in [6, 6.07) is 8.35. The minimum Gasteiger partial charge on any atom is -0.444 e. The van der Waals surface area contributed by atoms with Crippen LogP contribution in [0.1, 0.15) is 63.0 Å². The highest BCUT2D eigenvalue weighted by molar-refractivity contribution is 5.69. The van der Waals surface area contributed by atoms with E-state index in [0.717, 1.165) is 48.6 Å². The lowest BCUT2D eigenvalue weighted by molar-refractivity contribution is 0.00948. The first-order valence-electron chi connectivity index (χ1n) is 9.37. The maximum Gasteiger partial charge on any atom is 0.410 e. The zero-order chi connectivity index (χ0) is 18.9. The van der Waals surface area contributed by atoms with E-state index in [-0.39, 0.29) is 12.1 Å². The molecule has 1 atom stereocenters. The van der Waals surface area contributed by atoms with Crippen molar-refractivity contribution in [1.29, 1.82) is 0 Å². The summed E-state index contributed by atoms with van der Waals surface area (Å²) in [5, 5.41) is 0. The highest BCUT2D eigenvalue weighted by Crippen LogP contribution is 2.32. The summed E-state index contributed by atoms with van der Waals surface area (Å²) in [7, 11) is 0. The molecule has 3 heterocycles. The molecule has 5 nitrogen and oxygen atoms in total.